The number of imidazole rings is 1. The smallest absolute Gasteiger partial charge is 0.230 e. The number of nitrogens with one attached hydrogen (secondary N) is 1. The van der Waals surface area contributed by atoms with Crippen LogP contribution in [0, 0.1) is 13.8 Å². The third-order valence-corrected chi connectivity index (χ3v) is 6.50. The molecule has 6 heteroatoms. The second-order valence-electron chi connectivity index (χ2n) is 9.54. The van der Waals surface area contributed by atoms with Crippen molar-refractivity contribution in [2.75, 3.05) is 27.2 Å². The van der Waals surface area contributed by atoms with Gasteiger partial charge in [0.2, 0.25) is 5.91 Å². The molecule has 0 bridgehead atoms. The lowest BCUT2D eigenvalue weighted by molar-refractivity contribution is -0.136. The van der Waals surface area contributed by atoms with Gasteiger partial charge in [-0.25, -0.2) is 4.98 Å². The van der Waals surface area contributed by atoms with Crippen LogP contribution in [0.15, 0.2) is 36.4 Å². The summed E-state index contributed by atoms with van der Waals surface area (Å²) in [4.78, 5) is 25.5. The van der Waals surface area contributed by atoms with Crippen LogP contribution >= 0.6 is 0 Å². The maximum Gasteiger partial charge on any atom is 0.230 e. The van der Waals surface area contributed by atoms with Gasteiger partial charge in [-0.15, -0.1) is 0 Å². The van der Waals surface area contributed by atoms with Gasteiger partial charge in [-0.05, 0) is 76.0 Å². The second-order valence-corrected chi connectivity index (χ2v) is 9.54. The summed E-state index contributed by atoms with van der Waals surface area (Å²) >= 11 is 0. The van der Waals surface area contributed by atoms with Crippen LogP contribution in [0.3, 0.4) is 0 Å². The van der Waals surface area contributed by atoms with Gasteiger partial charge in [-0.2, -0.15) is 0 Å². The number of likely N-dealkylation sites (N-methyl/N-ethyl adjacent to an activating group) is 1. The number of benzene rings is 2. The van der Waals surface area contributed by atoms with E-state index in [1.165, 1.54) is 16.7 Å². The number of aromatic nitrogens is 2. The summed E-state index contributed by atoms with van der Waals surface area (Å²) in [6.45, 7) is 8.49. The quantitative estimate of drug-likeness (QED) is 0.576. The third kappa shape index (κ3) is 5.45. The highest BCUT2D eigenvalue weighted by Gasteiger charge is 2.30. The average Bonchev–Trinajstić information content (AvgIpc) is 3.17. The van der Waals surface area contributed by atoms with Crippen molar-refractivity contribution >= 4 is 16.9 Å². The number of nitrogens with zero attached hydrogens (tertiary/aromatic N) is 3. The first-order valence-electron chi connectivity index (χ1n) is 11.9. The van der Waals surface area contributed by atoms with E-state index in [1.807, 2.05) is 4.90 Å². The number of ether oxygens (including phenoxy) is 1. The van der Waals surface area contributed by atoms with Gasteiger partial charge >= 0.3 is 0 Å². The normalized spacial score (nSPS) is 18.7. The van der Waals surface area contributed by atoms with Crippen molar-refractivity contribution in [3.05, 3.63) is 64.5 Å². The Morgan fingerprint density at radius 1 is 1.18 bits per heavy atom. The summed E-state index contributed by atoms with van der Waals surface area (Å²) in [5.74, 6) is 0.861. The van der Waals surface area contributed by atoms with Crippen molar-refractivity contribution in [1.82, 2.24) is 19.8 Å². The molecule has 2 heterocycles. The van der Waals surface area contributed by atoms with Gasteiger partial charge < -0.3 is 19.5 Å². The fourth-order valence-corrected chi connectivity index (χ4v) is 4.99. The fraction of sp³-hybridized carbons (Fsp3) is 0.481. The van der Waals surface area contributed by atoms with E-state index >= 15 is 0 Å². The Morgan fingerprint density at radius 2 is 1.94 bits per heavy atom. The van der Waals surface area contributed by atoms with Crippen LogP contribution in [0.25, 0.3) is 11.0 Å². The zero-order valence-electron chi connectivity index (χ0n) is 20.5. The summed E-state index contributed by atoms with van der Waals surface area (Å²) in [5.41, 5.74) is 6.76. The number of carbonyl (C=O) groups is 1. The van der Waals surface area contributed by atoms with Gasteiger partial charge in [-0.3, -0.25) is 4.79 Å². The molecule has 1 aromatic heterocycles. The Labute approximate surface area is 196 Å². The molecule has 1 aliphatic heterocycles. The molecule has 2 atom stereocenters. The van der Waals surface area contributed by atoms with Gasteiger partial charge in [0.15, 0.2) is 0 Å². The first-order chi connectivity index (χ1) is 15.8. The number of rotatable bonds is 7. The molecule has 0 aliphatic carbocycles. The van der Waals surface area contributed by atoms with Gasteiger partial charge in [0.1, 0.15) is 5.82 Å². The highest BCUT2D eigenvalue weighted by Crippen LogP contribution is 2.31. The highest BCUT2D eigenvalue weighted by molar-refractivity contribution is 5.82. The van der Waals surface area contributed by atoms with Crippen LogP contribution in [0.5, 0.6) is 0 Å². The molecule has 6 nitrogen and oxygen atoms in total. The molecule has 3 aromatic rings. The van der Waals surface area contributed by atoms with Crippen LogP contribution in [-0.4, -0.2) is 59.0 Å². The summed E-state index contributed by atoms with van der Waals surface area (Å²) in [6.07, 6.45) is 2.01. The van der Waals surface area contributed by atoms with Crippen LogP contribution < -0.4 is 0 Å². The highest BCUT2D eigenvalue weighted by atomic mass is 16.5. The van der Waals surface area contributed by atoms with Crippen LogP contribution in [0.2, 0.25) is 0 Å². The number of fused-ring (bicyclic) bond motifs is 1. The second kappa shape index (κ2) is 10.1. The van der Waals surface area contributed by atoms with Gasteiger partial charge in [0.25, 0.3) is 0 Å². The molecule has 1 N–H and O–H groups in total. The third-order valence-electron chi connectivity index (χ3n) is 6.50. The summed E-state index contributed by atoms with van der Waals surface area (Å²) in [6, 6.07) is 13.1. The van der Waals surface area contributed by atoms with E-state index in [-0.39, 0.29) is 18.1 Å². The zero-order chi connectivity index (χ0) is 23.5. The number of aryl methyl sites for hydroxylation is 2. The number of hydrogen-bond acceptors (Lipinski definition) is 4. The molecular formula is C27H36N4O2. The van der Waals surface area contributed by atoms with Crippen molar-refractivity contribution in [3.8, 4) is 0 Å². The molecule has 1 aliphatic rings. The number of amides is 1. The minimum absolute atomic E-state index is 0.0239. The summed E-state index contributed by atoms with van der Waals surface area (Å²) in [5, 5.41) is 0. The topological polar surface area (TPSA) is 61.5 Å². The monoisotopic (exact) mass is 448 g/mol. The zero-order valence-corrected chi connectivity index (χ0v) is 20.5. The Hall–Kier alpha value is -2.70. The lowest BCUT2D eigenvalue weighted by Crippen LogP contribution is -2.44. The van der Waals surface area contributed by atoms with E-state index in [1.54, 1.807) is 0 Å². The van der Waals surface area contributed by atoms with Crippen LogP contribution in [0.1, 0.15) is 53.9 Å². The van der Waals surface area contributed by atoms with E-state index < -0.39 is 0 Å². The van der Waals surface area contributed by atoms with E-state index in [0.29, 0.717) is 19.6 Å². The van der Waals surface area contributed by atoms with E-state index in [4.69, 9.17) is 9.72 Å². The molecule has 1 saturated heterocycles. The van der Waals surface area contributed by atoms with E-state index in [9.17, 15) is 4.79 Å². The number of hydrogen-bond donors (Lipinski definition) is 1. The van der Waals surface area contributed by atoms with Gasteiger partial charge in [0, 0.05) is 25.7 Å². The largest absolute Gasteiger partial charge is 0.373 e. The molecule has 176 valence electrons. The Kier molecular flexibility index (Phi) is 7.15. The molecule has 1 fully saturated rings. The lowest BCUT2D eigenvalue weighted by Gasteiger charge is -2.37. The number of aromatic amines is 1. The standard InChI is InChI=1S/C27H36N4O2/c1-6-31(26(32)16-25-28-23-14-18(2)13-19(3)27(23)29-25)22-11-12-33-24(15-22)21-9-7-20(8-10-21)17-30(4)5/h7-10,13-14,22,24H,6,11-12,15-17H2,1-5H3,(H,28,29)/t22-,24+/m0/s1. The SMILES string of the molecule is CCN(C(=O)Cc1nc2c(C)cc(C)cc2[nH]1)[C@H]1CCO[C@@H](c2ccc(CN(C)C)cc2)C1. The molecule has 4 rings (SSSR count). The number of carbonyl (C=O) groups excluding carboxylic acids is 1. The predicted molar refractivity (Wildman–Crippen MR) is 132 cm³/mol. The van der Waals surface area contributed by atoms with Gasteiger partial charge in [-0.1, -0.05) is 30.3 Å². The average molecular weight is 449 g/mol. The minimum Gasteiger partial charge on any atom is -0.373 e. The molecule has 33 heavy (non-hydrogen) atoms. The summed E-state index contributed by atoms with van der Waals surface area (Å²) < 4.78 is 6.11. The Bertz CT molecular complexity index is 1100. The first kappa shape index (κ1) is 23.5. The first-order valence-corrected chi connectivity index (χ1v) is 11.9. The van der Waals surface area contributed by atoms with Crippen LogP contribution in [-0.2, 0) is 22.5 Å². The maximum atomic E-state index is 13.3. The predicted octanol–water partition coefficient (Wildman–Crippen LogP) is 4.55. The molecular weight excluding hydrogens is 412 g/mol. The molecule has 0 spiro atoms. The molecule has 0 radical (unpaired) electrons. The number of H-pyrrole nitrogens is 1. The van der Waals surface area contributed by atoms with Crippen molar-refractivity contribution in [2.24, 2.45) is 0 Å². The van der Waals surface area contributed by atoms with E-state index in [2.05, 4.69) is 81.1 Å². The molecule has 1 amide bonds. The van der Waals surface area contributed by atoms with E-state index in [0.717, 1.165) is 41.8 Å². The minimum atomic E-state index is 0.0239. The van der Waals surface area contributed by atoms with Crippen molar-refractivity contribution in [3.63, 3.8) is 0 Å². The van der Waals surface area contributed by atoms with Crippen molar-refractivity contribution in [1.29, 1.82) is 0 Å². The molecule has 0 saturated carbocycles. The Balaban J connectivity index is 1.44. The maximum absolute atomic E-state index is 13.3. The fourth-order valence-electron chi connectivity index (χ4n) is 4.99. The Morgan fingerprint density at radius 3 is 2.64 bits per heavy atom. The van der Waals surface area contributed by atoms with Crippen LogP contribution in [0.4, 0.5) is 0 Å². The lowest BCUT2D eigenvalue weighted by atomic mass is 9.95. The molecule has 0 unspecified atom stereocenters. The van der Waals surface area contributed by atoms with Crippen molar-refractivity contribution < 1.29 is 9.53 Å². The van der Waals surface area contributed by atoms with Crippen molar-refractivity contribution in [2.45, 2.75) is 58.7 Å². The summed E-state index contributed by atoms with van der Waals surface area (Å²) in [7, 11) is 4.15. The molecule has 2 aromatic carbocycles. The van der Waals surface area contributed by atoms with Gasteiger partial charge in [0.05, 0.1) is 23.6 Å².